The van der Waals surface area contributed by atoms with Crippen molar-refractivity contribution in [3.05, 3.63) is 71.8 Å². The average molecular weight is 350 g/mol. The number of benzene rings is 2. The first-order valence-corrected chi connectivity index (χ1v) is 10.5. The molecule has 0 spiro atoms. The van der Waals surface area contributed by atoms with Crippen LogP contribution >= 0.6 is 0 Å². The molecule has 1 aliphatic rings. The minimum absolute atomic E-state index is 0.486. The summed E-state index contributed by atoms with van der Waals surface area (Å²) in [6, 6.07) is 22.5. The van der Waals surface area contributed by atoms with Crippen molar-refractivity contribution in [1.82, 2.24) is 4.90 Å². The Morgan fingerprint density at radius 2 is 1.50 bits per heavy atom. The smallest absolute Gasteiger partial charge is 0.0316 e. The standard InChI is InChI=1S/C25H35N/c1-21(23-14-8-4-9-15-23)26(2)19-18-25(24-16-10-5-11-17-24)20-22-12-6-3-7-13-22/h3-4,6-9,12-15,21,24-25H,5,10-11,16-20H2,1-2H3. The quantitative estimate of drug-likeness (QED) is 0.525. The summed E-state index contributed by atoms with van der Waals surface area (Å²) in [4.78, 5) is 2.54. The topological polar surface area (TPSA) is 3.24 Å². The van der Waals surface area contributed by atoms with Crippen LogP contribution < -0.4 is 0 Å². The third-order valence-electron chi connectivity index (χ3n) is 6.45. The molecule has 1 saturated carbocycles. The summed E-state index contributed by atoms with van der Waals surface area (Å²) in [5, 5.41) is 0. The zero-order valence-electron chi connectivity index (χ0n) is 16.6. The molecule has 0 N–H and O–H groups in total. The van der Waals surface area contributed by atoms with Crippen LogP contribution in [-0.2, 0) is 6.42 Å². The Bertz CT molecular complexity index is 615. The van der Waals surface area contributed by atoms with Gasteiger partial charge < -0.3 is 0 Å². The van der Waals surface area contributed by atoms with E-state index in [9.17, 15) is 0 Å². The van der Waals surface area contributed by atoms with Gasteiger partial charge in [-0.3, -0.25) is 4.90 Å². The Morgan fingerprint density at radius 1 is 0.885 bits per heavy atom. The van der Waals surface area contributed by atoms with Crippen molar-refractivity contribution in [3.63, 3.8) is 0 Å². The normalized spacial score (nSPS) is 18.0. The van der Waals surface area contributed by atoms with Gasteiger partial charge in [0.05, 0.1) is 0 Å². The molecular weight excluding hydrogens is 314 g/mol. The van der Waals surface area contributed by atoms with Crippen molar-refractivity contribution in [2.75, 3.05) is 13.6 Å². The fourth-order valence-electron chi connectivity index (χ4n) is 4.58. The third-order valence-corrected chi connectivity index (χ3v) is 6.45. The summed E-state index contributed by atoms with van der Waals surface area (Å²) in [6.07, 6.45) is 9.76. The highest BCUT2D eigenvalue weighted by Crippen LogP contribution is 2.34. The van der Waals surface area contributed by atoms with Crippen molar-refractivity contribution in [3.8, 4) is 0 Å². The highest BCUT2D eigenvalue weighted by atomic mass is 15.1. The molecule has 1 nitrogen and oxygen atoms in total. The maximum Gasteiger partial charge on any atom is 0.0316 e. The lowest BCUT2D eigenvalue weighted by atomic mass is 9.76. The van der Waals surface area contributed by atoms with Gasteiger partial charge in [0.25, 0.3) is 0 Å². The van der Waals surface area contributed by atoms with Crippen molar-refractivity contribution >= 4 is 0 Å². The van der Waals surface area contributed by atoms with Crippen molar-refractivity contribution < 1.29 is 0 Å². The fourth-order valence-corrected chi connectivity index (χ4v) is 4.58. The summed E-state index contributed by atoms with van der Waals surface area (Å²) < 4.78 is 0. The van der Waals surface area contributed by atoms with E-state index in [1.54, 1.807) is 0 Å². The molecule has 1 heteroatoms. The van der Waals surface area contributed by atoms with Gasteiger partial charge >= 0.3 is 0 Å². The Balaban J connectivity index is 1.61. The summed E-state index contributed by atoms with van der Waals surface area (Å²) in [7, 11) is 2.29. The van der Waals surface area contributed by atoms with Crippen LogP contribution in [0.25, 0.3) is 0 Å². The molecule has 0 aromatic heterocycles. The Hall–Kier alpha value is -1.60. The maximum atomic E-state index is 2.54. The summed E-state index contributed by atoms with van der Waals surface area (Å²) in [5.41, 5.74) is 2.94. The molecule has 0 amide bonds. The minimum atomic E-state index is 0.486. The van der Waals surface area contributed by atoms with E-state index in [0.717, 1.165) is 11.8 Å². The molecule has 2 aromatic rings. The molecule has 2 unspecified atom stereocenters. The second kappa shape index (κ2) is 9.92. The van der Waals surface area contributed by atoms with Gasteiger partial charge in [-0.25, -0.2) is 0 Å². The van der Waals surface area contributed by atoms with Gasteiger partial charge in [0.1, 0.15) is 0 Å². The number of hydrogen-bond donors (Lipinski definition) is 0. The molecular formula is C25H35N. The second-order valence-electron chi connectivity index (χ2n) is 8.20. The highest BCUT2D eigenvalue weighted by Gasteiger charge is 2.24. The van der Waals surface area contributed by atoms with Crippen LogP contribution in [0.15, 0.2) is 60.7 Å². The number of nitrogens with zero attached hydrogens (tertiary/aromatic N) is 1. The number of hydrogen-bond acceptors (Lipinski definition) is 1. The van der Waals surface area contributed by atoms with E-state index in [2.05, 4.69) is 79.5 Å². The first-order chi connectivity index (χ1) is 12.7. The van der Waals surface area contributed by atoms with Gasteiger partial charge in [-0.15, -0.1) is 0 Å². The molecule has 0 bridgehead atoms. The predicted molar refractivity (Wildman–Crippen MR) is 112 cm³/mol. The fraction of sp³-hybridized carbons (Fsp3) is 0.520. The van der Waals surface area contributed by atoms with E-state index in [-0.39, 0.29) is 0 Å². The Labute approximate surface area is 160 Å². The van der Waals surface area contributed by atoms with Crippen molar-refractivity contribution in [1.29, 1.82) is 0 Å². The molecule has 0 radical (unpaired) electrons. The summed E-state index contributed by atoms with van der Waals surface area (Å²) in [5.74, 6) is 1.74. The second-order valence-corrected chi connectivity index (χ2v) is 8.20. The van der Waals surface area contributed by atoms with E-state index < -0.39 is 0 Å². The minimum Gasteiger partial charge on any atom is -0.300 e. The molecule has 140 valence electrons. The lowest BCUT2D eigenvalue weighted by Crippen LogP contribution is -2.28. The van der Waals surface area contributed by atoms with Crippen LogP contribution in [0.2, 0.25) is 0 Å². The summed E-state index contributed by atoms with van der Waals surface area (Å²) in [6.45, 7) is 3.52. The average Bonchev–Trinajstić information content (AvgIpc) is 2.72. The first-order valence-electron chi connectivity index (χ1n) is 10.5. The van der Waals surface area contributed by atoms with Gasteiger partial charge in [-0.2, -0.15) is 0 Å². The third kappa shape index (κ3) is 5.45. The van der Waals surface area contributed by atoms with E-state index in [1.807, 2.05) is 0 Å². The molecule has 0 saturated heterocycles. The molecule has 0 heterocycles. The first kappa shape index (κ1) is 19.2. The van der Waals surface area contributed by atoms with E-state index in [0.29, 0.717) is 6.04 Å². The largest absolute Gasteiger partial charge is 0.300 e. The van der Waals surface area contributed by atoms with Crippen LogP contribution in [0.3, 0.4) is 0 Å². The molecule has 2 atom stereocenters. The zero-order chi connectivity index (χ0) is 18.2. The van der Waals surface area contributed by atoms with Gasteiger partial charge in [-0.1, -0.05) is 92.8 Å². The van der Waals surface area contributed by atoms with Crippen LogP contribution in [0.5, 0.6) is 0 Å². The van der Waals surface area contributed by atoms with Crippen molar-refractivity contribution in [2.45, 2.75) is 57.9 Å². The van der Waals surface area contributed by atoms with Crippen LogP contribution in [-0.4, -0.2) is 18.5 Å². The SMILES string of the molecule is CC(c1ccccc1)N(C)CCC(Cc1ccccc1)C1CCCCC1. The summed E-state index contributed by atoms with van der Waals surface area (Å²) >= 11 is 0. The maximum absolute atomic E-state index is 2.54. The Kier molecular flexibility index (Phi) is 7.32. The van der Waals surface area contributed by atoms with Crippen LogP contribution in [0.4, 0.5) is 0 Å². The predicted octanol–water partition coefficient (Wildman–Crippen LogP) is 6.51. The van der Waals surface area contributed by atoms with Gasteiger partial charge in [0.15, 0.2) is 0 Å². The van der Waals surface area contributed by atoms with E-state index >= 15 is 0 Å². The molecule has 0 aliphatic heterocycles. The monoisotopic (exact) mass is 349 g/mol. The molecule has 1 fully saturated rings. The Morgan fingerprint density at radius 3 is 2.15 bits per heavy atom. The van der Waals surface area contributed by atoms with E-state index in [1.165, 1.54) is 62.6 Å². The number of rotatable bonds is 8. The molecule has 26 heavy (non-hydrogen) atoms. The lowest BCUT2D eigenvalue weighted by molar-refractivity contribution is 0.188. The van der Waals surface area contributed by atoms with Crippen LogP contribution in [0.1, 0.15) is 62.6 Å². The molecule has 1 aliphatic carbocycles. The molecule has 2 aromatic carbocycles. The van der Waals surface area contributed by atoms with Gasteiger partial charge in [-0.05, 0) is 56.3 Å². The molecule has 3 rings (SSSR count). The van der Waals surface area contributed by atoms with Gasteiger partial charge in [0.2, 0.25) is 0 Å². The zero-order valence-corrected chi connectivity index (χ0v) is 16.6. The highest BCUT2D eigenvalue weighted by molar-refractivity contribution is 5.18. The van der Waals surface area contributed by atoms with E-state index in [4.69, 9.17) is 0 Å². The lowest BCUT2D eigenvalue weighted by Gasteiger charge is -2.33. The van der Waals surface area contributed by atoms with Crippen molar-refractivity contribution in [2.24, 2.45) is 11.8 Å². The van der Waals surface area contributed by atoms with Crippen LogP contribution in [0, 0.1) is 11.8 Å². The van der Waals surface area contributed by atoms with Gasteiger partial charge in [0, 0.05) is 6.04 Å².